The van der Waals surface area contributed by atoms with Gasteiger partial charge in [-0.1, -0.05) is 6.07 Å². The van der Waals surface area contributed by atoms with Gasteiger partial charge in [0.1, 0.15) is 0 Å². The van der Waals surface area contributed by atoms with Gasteiger partial charge in [0.15, 0.2) is 0 Å². The molecule has 0 aliphatic carbocycles. The number of hydrogen-bond donors (Lipinski definition) is 2. The van der Waals surface area contributed by atoms with E-state index in [1.807, 2.05) is 18.3 Å². The van der Waals surface area contributed by atoms with Gasteiger partial charge in [0.2, 0.25) is 5.91 Å². The molecule has 0 bridgehead atoms. The number of nitrogens with one attached hydrogen (secondary N) is 1. The lowest BCUT2D eigenvalue weighted by molar-refractivity contribution is -0.135. The largest absolute Gasteiger partial charge is 0.353 e. The van der Waals surface area contributed by atoms with Crippen LogP contribution in [0.5, 0.6) is 0 Å². The third kappa shape index (κ3) is 3.11. The Hall–Kier alpha value is -1.46. The summed E-state index contributed by atoms with van der Waals surface area (Å²) < 4.78 is 0. The standard InChI is InChI=1S/C14H22N4O/c1-14(2)10-17-13(19)12(5-6-15)18(14)9-11-4-3-7-16-8-11/h3-4,7-8,12H,5-6,9-10,15H2,1-2H3,(H,17,19). The van der Waals surface area contributed by atoms with Gasteiger partial charge in [0.05, 0.1) is 6.04 Å². The first-order valence-corrected chi connectivity index (χ1v) is 6.68. The van der Waals surface area contributed by atoms with Crippen LogP contribution in [-0.4, -0.2) is 40.5 Å². The van der Waals surface area contributed by atoms with Crippen molar-refractivity contribution in [1.29, 1.82) is 0 Å². The second-order valence-corrected chi connectivity index (χ2v) is 5.61. The van der Waals surface area contributed by atoms with Gasteiger partial charge in [-0.3, -0.25) is 14.7 Å². The molecule has 104 valence electrons. The summed E-state index contributed by atoms with van der Waals surface area (Å²) in [6.07, 6.45) is 4.28. The summed E-state index contributed by atoms with van der Waals surface area (Å²) in [5.41, 5.74) is 6.68. The normalized spacial score (nSPS) is 23.1. The molecule has 1 fully saturated rings. The molecule has 1 saturated heterocycles. The minimum atomic E-state index is -0.158. The number of piperazine rings is 1. The number of nitrogens with zero attached hydrogens (tertiary/aromatic N) is 2. The van der Waals surface area contributed by atoms with Crippen molar-refractivity contribution in [2.24, 2.45) is 5.73 Å². The van der Waals surface area contributed by atoms with Crippen molar-refractivity contribution in [3.8, 4) is 0 Å². The Kier molecular flexibility index (Phi) is 4.17. The molecule has 2 rings (SSSR count). The Morgan fingerprint density at radius 2 is 2.37 bits per heavy atom. The van der Waals surface area contributed by atoms with Crippen LogP contribution in [0.4, 0.5) is 0 Å². The van der Waals surface area contributed by atoms with E-state index in [0.717, 1.165) is 12.1 Å². The van der Waals surface area contributed by atoms with Crippen molar-refractivity contribution < 1.29 is 4.79 Å². The number of hydrogen-bond acceptors (Lipinski definition) is 4. The van der Waals surface area contributed by atoms with Crippen LogP contribution in [0.2, 0.25) is 0 Å². The molecule has 1 aliphatic rings. The van der Waals surface area contributed by atoms with Crippen LogP contribution >= 0.6 is 0 Å². The number of aromatic nitrogens is 1. The number of nitrogens with two attached hydrogens (primary N) is 1. The average Bonchev–Trinajstić information content (AvgIpc) is 2.40. The third-order valence-corrected chi connectivity index (χ3v) is 3.67. The summed E-state index contributed by atoms with van der Waals surface area (Å²) in [7, 11) is 0. The van der Waals surface area contributed by atoms with Crippen molar-refractivity contribution in [2.75, 3.05) is 13.1 Å². The first kappa shape index (κ1) is 14.0. The second kappa shape index (κ2) is 5.67. The van der Waals surface area contributed by atoms with Gasteiger partial charge < -0.3 is 11.1 Å². The molecule has 1 aromatic heterocycles. The fraction of sp³-hybridized carbons (Fsp3) is 0.571. The first-order chi connectivity index (χ1) is 9.04. The van der Waals surface area contributed by atoms with E-state index in [1.165, 1.54) is 0 Å². The van der Waals surface area contributed by atoms with Crippen LogP contribution in [0.3, 0.4) is 0 Å². The zero-order valence-electron chi connectivity index (χ0n) is 11.6. The molecule has 1 aliphatic heterocycles. The number of carbonyl (C=O) groups is 1. The molecule has 5 nitrogen and oxygen atoms in total. The number of amides is 1. The van der Waals surface area contributed by atoms with E-state index in [1.54, 1.807) is 6.20 Å². The van der Waals surface area contributed by atoms with Crippen molar-refractivity contribution in [1.82, 2.24) is 15.2 Å². The Labute approximate surface area is 114 Å². The second-order valence-electron chi connectivity index (χ2n) is 5.61. The van der Waals surface area contributed by atoms with Gasteiger partial charge in [-0.05, 0) is 38.4 Å². The molecular weight excluding hydrogens is 240 g/mol. The maximum absolute atomic E-state index is 12.0. The molecule has 0 radical (unpaired) electrons. The minimum Gasteiger partial charge on any atom is -0.353 e. The van der Waals surface area contributed by atoms with E-state index < -0.39 is 0 Å². The molecule has 1 amide bonds. The quantitative estimate of drug-likeness (QED) is 0.829. The highest BCUT2D eigenvalue weighted by atomic mass is 16.2. The van der Waals surface area contributed by atoms with E-state index in [4.69, 9.17) is 5.73 Å². The van der Waals surface area contributed by atoms with E-state index in [-0.39, 0.29) is 17.5 Å². The van der Waals surface area contributed by atoms with Gasteiger partial charge in [0.25, 0.3) is 0 Å². The summed E-state index contributed by atoms with van der Waals surface area (Å²) in [6.45, 7) is 6.18. The number of rotatable bonds is 4. The van der Waals surface area contributed by atoms with Crippen LogP contribution in [-0.2, 0) is 11.3 Å². The predicted molar refractivity (Wildman–Crippen MR) is 74.3 cm³/mol. The predicted octanol–water partition coefficient (Wildman–Crippen LogP) is 0.509. The molecule has 1 atom stereocenters. The Bertz CT molecular complexity index is 432. The van der Waals surface area contributed by atoms with Crippen LogP contribution in [0.15, 0.2) is 24.5 Å². The van der Waals surface area contributed by atoms with Crippen molar-refractivity contribution in [2.45, 2.75) is 38.4 Å². The van der Waals surface area contributed by atoms with Crippen LogP contribution in [0.25, 0.3) is 0 Å². The van der Waals surface area contributed by atoms with Gasteiger partial charge in [-0.2, -0.15) is 0 Å². The monoisotopic (exact) mass is 262 g/mol. The van der Waals surface area contributed by atoms with Gasteiger partial charge in [0, 0.05) is 31.0 Å². The maximum Gasteiger partial charge on any atom is 0.237 e. The molecule has 2 heterocycles. The van der Waals surface area contributed by atoms with Crippen LogP contribution in [0, 0.1) is 0 Å². The van der Waals surface area contributed by atoms with Crippen molar-refractivity contribution in [3.05, 3.63) is 30.1 Å². The highest BCUT2D eigenvalue weighted by Crippen LogP contribution is 2.25. The van der Waals surface area contributed by atoms with Crippen LogP contribution in [0.1, 0.15) is 25.8 Å². The summed E-state index contributed by atoms with van der Waals surface area (Å²) in [6, 6.07) is 3.80. The third-order valence-electron chi connectivity index (χ3n) is 3.67. The molecule has 0 spiro atoms. The molecule has 3 N–H and O–H groups in total. The highest BCUT2D eigenvalue weighted by Gasteiger charge is 2.40. The summed E-state index contributed by atoms with van der Waals surface area (Å²) in [5, 5.41) is 2.97. The SMILES string of the molecule is CC1(C)CNC(=O)C(CCN)N1Cc1cccnc1. The van der Waals surface area contributed by atoms with Crippen molar-refractivity contribution >= 4 is 5.91 Å². The fourth-order valence-electron chi connectivity index (χ4n) is 2.54. The van der Waals surface area contributed by atoms with Crippen LogP contribution < -0.4 is 11.1 Å². The smallest absolute Gasteiger partial charge is 0.237 e. The molecular formula is C14H22N4O. The average molecular weight is 262 g/mol. The van der Waals surface area contributed by atoms with E-state index in [0.29, 0.717) is 19.5 Å². The molecule has 1 unspecified atom stereocenters. The summed E-state index contributed by atoms with van der Waals surface area (Å²) >= 11 is 0. The van der Waals surface area contributed by atoms with Gasteiger partial charge in [-0.25, -0.2) is 0 Å². The van der Waals surface area contributed by atoms with Gasteiger partial charge in [-0.15, -0.1) is 0 Å². The Morgan fingerprint density at radius 3 is 3.00 bits per heavy atom. The highest BCUT2D eigenvalue weighted by molar-refractivity contribution is 5.82. The maximum atomic E-state index is 12.0. The number of pyridine rings is 1. The summed E-state index contributed by atoms with van der Waals surface area (Å²) in [4.78, 5) is 18.4. The van der Waals surface area contributed by atoms with E-state index in [9.17, 15) is 4.79 Å². The van der Waals surface area contributed by atoms with E-state index >= 15 is 0 Å². The minimum absolute atomic E-state index is 0.0775. The van der Waals surface area contributed by atoms with Crippen molar-refractivity contribution in [3.63, 3.8) is 0 Å². The van der Waals surface area contributed by atoms with Gasteiger partial charge >= 0.3 is 0 Å². The zero-order chi connectivity index (χ0) is 13.9. The topological polar surface area (TPSA) is 71.2 Å². The first-order valence-electron chi connectivity index (χ1n) is 6.68. The Balaban J connectivity index is 2.22. The molecule has 1 aromatic rings. The number of carbonyl (C=O) groups excluding carboxylic acids is 1. The molecule has 0 saturated carbocycles. The lowest BCUT2D eigenvalue weighted by atomic mass is 9.93. The Morgan fingerprint density at radius 1 is 1.58 bits per heavy atom. The molecule has 19 heavy (non-hydrogen) atoms. The molecule has 5 heteroatoms. The fourth-order valence-corrected chi connectivity index (χ4v) is 2.54. The zero-order valence-corrected chi connectivity index (χ0v) is 11.6. The lowest BCUT2D eigenvalue weighted by Crippen LogP contribution is -2.65. The lowest BCUT2D eigenvalue weighted by Gasteiger charge is -2.47. The molecule has 0 aromatic carbocycles. The van der Waals surface area contributed by atoms with E-state index in [2.05, 4.69) is 29.0 Å². The summed E-state index contributed by atoms with van der Waals surface area (Å²) in [5.74, 6) is 0.0775.